The third-order valence-corrected chi connectivity index (χ3v) is 1.69. The zero-order valence-electron chi connectivity index (χ0n) is 5.58. The molecule has 1 aliphatic heterocycles. The summed E-state index contributed by atoms with van der Waals surface area (Å²) in [7, 11) is 0. The van der Waals surface area contributed by atoms with Gasteiger partial charge < -0.3 is 4.74 Å². The van der Waals surface area contributed by atoms with Crippen LogP contribution < -0.4 is 0 Å². The van der Waals surface area contributed by atoms with E-state index in [1.807, 2.05) is 0 Å². The Kier molecular flexibility index (Phi) is 1.39. The summed E-state index contributed by atoms with van der Waals surface area (Å²) in [4.78, 5) is 0. The zero-order valence-corrected chi connectivity index (χ0v) is 5.58. The first-order valence-corrected chi connectivity index (χ1v) is 3.44. The summed E-state index contributed by atoms with van der Waals surface area (Å²) in [6.45, 7) is 0.859. The Morgan fingerprint density at radius 3 is 3.30 bits per heavy atom. The van der Waals surface area contributed by atoms with Crippen molar-refractivity contribution in [2.45, 2.75) is 18.9 Å². The summed E-state index contributed by atoms with van der Waals surface area (Å²) in [6, 6.07) is 0. The van der Waals surface area contributed by atoms with E-state index in [0.29, 0.717) is 0 Å². The largest absolute Gasteiger partial charge is 0.372 e. The van der Waals surface area contributed by atoms with Crippen LogP contribution in [0.15, 0.2) is 6.20 Å². The van der Waals surface area contributed by atoms with Crippen LogP contribution in [-0.2, 0) is 4.74 Å². The molecule has 1 aromatic rings. The average molecular weight is 139 g/mol. The molecule has 1 atom stereocenters. The van der Waals surface area contributed by atoms with E-state index < -0.39 is 0 Å². The van der Waals surface area contributed by atoms with E-state index in [1.54, 1.807) is 6.20 Å². The highest BCUT2D eigenvalue weighted by atomic mass is 16.5. The van der Waals surface area contributed by atoms with Gasteiger partial charge in [0.25, 0.3) is 0 Å². The fourth-order valence-electron chi connectivity index (χ4n) is 1.18. The van der Waals surface area contributed by atoms with Crippen LogP contribution in [-0.4, -0.2) is 22.0 Å². The summed E-state index contributed by atoms with van der Waals surface area (Å²) < 4.78 is 5.37. The normalized spacial score (nSPS) is 25.4. The Balaban J connectivity index is 2.12. The highest BCUT2D eigenvalue weighted by Crippen LogP contribution is 2.25. The van der Waals surface area contributed by atoms with Gasteiger partial charge in [0.2, 0.25) is 0 Å². The molecule has 2 rings (SSSR count). The maximum absolute atomic E-state index is 5.37. The smallest absolute Gasteiger partial charge is 0.111 e. The molecule has 10 heavy (non-hydrogen) atoms. The van der Waals surface area contributed by atoms with Crippen molar-refractivity contribution < 1.29 is 4.74 Å². The summed E-state index contributed by atoms with van der Waals surface area (Å²) >= 11 is 0. The molecule has 0 bridgehead atoms. The fraction of sp³-hybridized carbons (Fsp3) is 0.667. The van der Waals surface area contributed by atoms with Gasteiger partial charge >= 0.3 is 0 Å². The molecule has 1 aromatic heterocycles. The molecular weight excluding hydrogens is 130 g/mol. The van der Waals surface area contributed by atoms with Crippen molar-refractivity contribution in [3.8, 4) is 0 Å². The second-order valence-electron chi connectivity index (χ2n) is 2.40. The molecule has 1 saturated heterocycles. The van der Waals surface area contributed by atoms with Crippen molar-refractivity contribution in [3.63, 3.8) is 0 Å². The first-order chi connectivity index (χ1) is 4.97. The number of aromatic amines is 1. The molecule has 0 amide bonds. The predicted molar refractivity (Wildman–Crippen MR) is 34.3 cm³/mol. The van der Waals surface area contributed by atoms with Gasteiger partial charge in [0.1, 0.15) is 11.8 Å². The monoisotopic (exact) mass is 139 g/mol. The number of nitrogens with one attached hydrogen (secondary N) is 1. The molecular formula is C6H9N3O. The lowest BCUT2D eigenvalue weighted by Gasteiger charge is -2.01. The Morgan fingerprint density at radius 1 is 1.70 bits per heavy atom. The second kappa shape index (κ2) is 2.38. The van der Waals surface area contributed by atoms with E-state index in [0.717, 1.165) is 25.1 Å². The van der Waals surface area contributed by atoms with Gasteiger partial charge in [-0.15, -0.1) is 0 Å². The highest BCUT2D eigenvalue weighted by Gasteiger charge is 2.19. The lowest BCUT2D eigenvalue weighted by atomic mass is 10.2. The van der Waals surface area contributed by atoms with E-state index >= 15 is 0 Å². The lowest BCUT2D eigenvalue weighted by Crippen LogP contribution is -1.95. The number of hydrogen-bond acceptors (Lipinski definition) is 3. The molecule has 0 radical (unpaired) electrons. The quantitative estimate of drug-likeness (QED) is 0.621. The zero-order chi connectivity index (χ0) is 6.81. The molecule has 4 heteroatoms. The van der Waals surface area contributed by atoms with Gasteiger partial charge in [-0.05, 0) is 12.8 Å². The summed E-state index contributed by atoms with van der Waals surface area (Å²) in [5, 5.41) is 10.2. The molecule has 0 spiro atoms. The number of hydrogen-bond donors (Lipinski definition) is 1. The van der Waals surface area contributed by atoms with E-state index in [-0.39, 0.29) is 6.10 Å². The van der Waals surface area contributed by atoms with Crippen molar-refractivity contribution in [1.29, 1.82) is 0 Å². The molecule has 1 fully saturated rings. The Hall–Kier alpha value is -0.900. The van der Waals surface area contributed by atoms with Gasteiger partial charge in [0.05, 0.1) is 6.20 Å². The standard InChI is InChI=1S/C6H9N3O/c1-2-6(10-3-1)5-4-7-9-8-5/h4,6H,1-3H2,(H,7,8,9). The van der Waals surface area contributed by atoms with Gasteiger partial charge in [0.15, 0.2) is 0 Å². The average Bonchev–Trinajstić information content (AvgIpc) is 2.59. The minimum Gasteiger partial charge on any atom is -0.372 e. The maximum atomic E-state index is 5.37. The van der Waals surface area contributed by atoms with E-state index in [1.165, 1.54) is 0 Å². The van der Waals surface area contributed by atoms with Crippen LogP contribution in [0.25, 0.3) is 0 Å². The van der Waals surface area contributed by atoms with Crippen LogP contribution in [0, 0.1) is 0 Å². The number of rotatable bonds is 1. The van der Waals surface area contributed by atoms with Crippen molar-refractivity contribution >= 4 is 0 Å². The molecule has 1 N–H and O–H groups in total. The number of aromatic nitrogens is 3. The SMILES string of the molecule is c1n[nH]nc1C1CCCO1. The molecule has 4 nitrogen and oxygen atoms in total. The van der Waals surface area contributed by atoms with Crippen LogP contribution in [0.1, 0.15) is 24.6 Å². The van der Waals surface area contributed by atoms with E-state index in [4.69, 9.17) is 4.74 Å². The van der Waals surface area contributed by atoms with Gasteiger partial charge in [-0.2, -0.15) is 15.4 Å². The molecule has 2 heterocycles. The first kappa shape index (κ1) is 5.85. The number of ether oxygens (including phenoxy) is 1. The van der Waals surface area contributed by atoms with Crippen LogP contribution in [0.3, 0.4) is 0 Å². The van der Waals surface area contributed by atoms with E-state index in [2.05, 4.69) is 15.4 Å². The topological polar surface area (TPSA) is 50.8 Å². The van der Waals surface area contributed by atoms with Crippen LogP contribution >= 0.6 is 0 Å². The molecule has 1 unspecified atom stereocenters. The predicted octanol–water partition coefficient (Wildman–Crippen LogP) is 0.656. The van der Waals surface area contributed by atoms with Gasteiger partial charge in [-0.1, -0.05) is 0 Å². The van der Waals surface area contributed by atoms with Gasteiger partial charge in [-0.3, -0.25) is 0 Å². The highest BCUT2D eigenvalue weighted by molar-refractivity contribution is 4.97. The third-order valence-electron chi connectivity index (χ3n) is 1.69. The third kappa shape index (κ3) is 0.903. The minimum absolute atomic E-state index is 0.193. The van der Waals surface area contributed by atoms with Crippen LogP contribution in [0.4, 0.5) is 0 Å². The number of nitrogens with zero attached hydrogens (tertiary/aromatic N) is 2. The van der Waals surface area contributed by atoms with Gasteiger partial charge in [-0.25, -0.2) is 0 Å². The Labute approximate surface area is 58.6 Å². The molecule has 54 valence electrons. The summed E-state index contributed by atoms with van der Waals surface area (Å²) in [6.07, 6.45) is 4.12. The van der Waals surface area contributed by atoms with Crippen LogP contribution in [0.5, 0.6) is 0 Å². The number of H-pyrrole nitrogens is 1. The second-order valence-corrected chi connectivity index (χ2v) is 2.40. The van der Waals surface area contributed by atoms with E-state index in [9.17, 15) is 0 Å². The summed E-state index contributed by atoms with van der Waals surface area (Å²) in [5.41, 5.74) is 0.928. The van der Waals surface area contributed by atoms with Crippen molar-refractivity contribution in [1.82, 2.24) is 15.4 Å². The first-order valence-electron chi connectivity index (χ1n) is 3.44. The Bertz CT molecular complexity index is 191. The van der Waals surface area contributed by atoms with Crippen molar-refractivity contribution in [2.75, 3.05) is 6.61 Å². The minimum atomic E-state index is 0.193. The summed E-state index contributed by atoms with van der Waals surface area (Å²) in [5.74, 6) is 0. The van der Waals surface area contributed by atoms with Gasteiger partial charge in [0, 0.05) is 6.61 Å². The maximum Gasteiger partial charge on any atom is 0.111 e. The van der Waals surface area contributed by atoms with Crippen molar-refractivity contribution in [3.05, 3.63) is 11.9 Å². The lowest BCUT2D eigenvalue weighted by molar-refractivity contribution is 0.108. The molecule has 1 aliphatic rings. The van der Waals surface area contributed by atoms with Crippen LogP contribution in [0.2, 0.25) is 0 Å². The fourth-order valence-corrected chi connectivity index (χ4v) is 1.18. The molecule has 0 aromatic carbocycles. The van der Waals surface area contributed by atoms with Crippen molar-refractivity contribution in [2.24, 2.45) is 0 Å². The Morgan fingerprint density at radius 2 is 2.70 bits per heavy atom. The molecule has 0 saturated carbocycles. The molecule has 0 aliphatic carbocycles.